The van der Waals surface area contributed by atoms with Gasteiger partial charge in [-0.1, -0.05) is 0 Å². The predicted octanol–water partition coefficient (Wildman–Crippen LogP) is -4.01. The minimum Gasteiger partial charge on any atom is -1.00 e. The minimum atomic E-state index is -1.01. The molecule has 5 nitrogen and oxygen atoms in total. The average Bonchev–Trinajstić information content (AvgIpc) is 1.96. The van der Waals surface area contributed by atoms with Crippen LogP contribution in [-0.2, 0) is 9.45 Å². The Balaban J connectivity index is 0.00000144. The molecule has 0 saturated carbocycles. The quantitative estimate of drug-likeness (QED) is 0.402. The van der Waals surface area contributed by atoms with Gasteiger partial charge in [0.05, 0.1) is 12.5 Å². The zero-order valence-electron chi connectivity index (χ0n) is 7.02. The molecule has 0 bridgehead atoms. The highest BCUT2D eigenvalue weighted by atomic mass is 35.5. The third-order valence-corrected chi connectivity index (χ3v) is 1.92. The number of carboxylic acid groups (broad SMARTS) is 1. The van der Waals surface area contributed by atoms with E-state index in [0.29, 0.717) is 12.8 Å². The maximum atomic E-state index is 10.3. The van der Waals surface area contributed by atoms with Gasteiger partial charge in [0.15, 0.2) is 0 Å². The largest absolute Gasteiger partial charge is 1.00 e. The third kappa shape index (κ3) is 3.95. The SMILES string of the molecule is N[C@H]1CCC(CC(=O)O)OB1O.[Cl-]. The van der Waals surface area contributed by atoms with Crippen LogP contribution in [0.4, 0.5) is 0 Å². The van der Waals surface area contributed by atoms with Crippen LogP contribution in [0.15, 0.2) is 0 Å². The van der Waals surface area contributed by atoms with Gasteiger partial charge in [0.25, 0.3) is 0 Å². The maximum Gasteiger partial charge on any atom is 0.472 e. The van der Waals surface area contributed by atoms with Crippen molar-refractivity contribution in [2.24, 2.45) is 5.73 Å². The molecule has 4 N–H and O–H groups in total. The van der Waals surface area contributed by atoms with Crippen molar-refractivity contribution in [3.63, 3.8) is 0 Å². The molecule has 0 radical (unpaired) electrons. The molecule has 0 amide bonds. The topological polar surface area (TPSA) is 92.8 Å². The molecule has 1 aliphatic heterocycles. The summed E-state index contributed by atoms with van der Waals surface area (Å²) in [5.74, 6) is -1.29. The summed E-state index contributed by atoms with van der Waals surface area (Å²) in [7, 11) is -1.01. The molecule has 0 aromatic heterocycles. The van der Waals surface area contributed by atoms with Crippen molar-refractivity contribution >= 4 is 13.1 Å². The Morgan fingerprint density at radius 1 is 1.62 bits per heavy atom. The summed E-state index contributed by atoms with van der Waals surface area (Å²) in [5.41, 5.74) is 5.45. The van der Waals surface area contributed by atoms with Crippen LogP contribution in [0.25, 0.3) is 0 Å². The van der Waals surface area contributed by atoms with Crippen molar-refractivity contribution in [2.75, 3.05) is 0 Å². The second kappa shape index (κ2) is 5.44. The fourth-order valence-electron chi connectivity index (χ4n) is 1.23. The van der Waals surface area contributed by atoms with Gasteiger partial charge in [-0.15, -0.1) is 0 Å². The van der Waals surface area contributed by atoms with Gasteiger partial charge in [0, 0.05) is 5.94 Å². The van der Waals surface area contributed by atoms with Gasteiger partial charge in [-0.3, -0.25) is 4.79 Å². The monoisotopic (exact) mass is 208 g/mol. The Morgan fingerprint density at radius 3 is 2.69 bits per heavy atom. The van der Waals surface area contributed by atoms with Crippen molar-refractivity contribution in [1.29, 1.82) is 0 Å². The lowest BCUT2D eigenvalue weighted by molar-refractivity contribution is -0.139. The van der Waals surface area contributed by atoms with Crippen LogP contribution in [-0.4, -0.2) is 35.3 Å². The van der Waals surface area contributed by atoms with E-state index in [2.05, 4.69) is 0 Å². The summed E-state index contributed by atoms with van der Waals surface area (Å²) in [5, 5.41) is 17.5. The van der Waals surface area contributed by atoms with E-state index >= 15 is 0 Å². The zero-order chi connectivity index (χ0) is 9.14. The molecular formula is C6H12BClNO4-. The Bertz CT molecular complexity index is 182. The molecule has 0 aromatic rings. The van der Waals surface area contributed by atoms with E-state index < -0.39 is 19.2 Å². The lowest BCUT2D eigenvalue weighted by atomic mass is 9.73. The Labute approximate surface area is 82.8 Å². The molecule has 7 heteroatoms. The van der Waals surface area contributed by atoms with Crippen LogP contribution in [0, 0.1) is 0 Å². The highest BCUT2D eigenvalue weighted by Crippen LogP contribution is 2.16. The van der Waals surface area contributed by atoms with E-state index in [1.807, 2.05) is 0 Å². The molecule has 0 spiro atoms. The number of hydrogen-bond donors (Lipinski definition) is 3. The first-order chi connectivity index (χ1) is 5.59. The highest BCUT2D eigenvalue weighted by molar-refractivity contribution is 6.45. The van der Waals surface area contributed by atoms with Crippen LogP contribution in [0.1, 0.15) is 19.3 Å². The Hall–Kier alpha value is -0.295. The summed E-state index contributed by atoms with van der Waals surface area (Å²) in [6, 6.07) is 0. The lowest BCUT2D eigenvalue weighted by Crippen LogP contribution is -3.00. The first kappa shape index (κ1) is 12.7. The molecule has 1 saturated heterocycles. The number of hydrogen-bond acceptors (Lipinski definition) is 4. The van der Waals surface area contributed by atoms with E-state index in [4.69, 9.17) is 20.5 Å². The molecule has 1 unspecified atom stereocenters. The van der Waals surface area contributed by atoms with E-state index in [0.717, 1.165) is 0 Å². The fourth-order valence-corrected chi connectivity index (χ4v) is 1.23. The number of carbonyl (C=O) groups is 1. The van der Waals surface area contributed by atoms with Crippen molar-refractivity contribution in [2.45, 2.75) is 31.3 Å². The molecule has 2 atom stereocenters. The normalized spacial score (nSPS) is 28.0. The molecule has 13 heavy (non-hydrogen) atoms. The molecule has 76 valence electrons. The van der Waals surface area contributed by atoms with Gasteiger partial charge in [-0.05, 0) is 12.8 Å². The summed E-state index contributed by atoms with van der Waals surface area (Å²) < 4.78 is 4.96. The molecule has 1 heterocycles. The van der Waals surface area contributed by atoms with Crippen LogP contribution in [0.3, 0.4) is 0 Å². The van der Waals surface area contributed by atoms with Crippen LogP contribution >= 0.6 is 0 Å². The number of nitrogens with two attached hydrogens (primary N) is 1. The molecular weight excluding hydrogens is 196 g/mol. The molecule has 0 aliphatic carbocycles. The van der Waals surface area contributed by atoms with E-state index in [1.165, 1.54) is 0 Å². The van der Waals surface area contributed by atoms with Gasteiger partial charge in [0.2, 0.25) is 0 Å². The Morgan fingerprint density at radius 2 is 2.23 bits per heavy atom. The smallest absolute Gasteiger partial charge is 0.472 e. The van der Waals surface area contributed by atoms with Crippen LogP contribution in [0.5, 0.6) is 0 Å². The van der Waals surface area contributed by atoms with Gasteiger partial charge in [0.1, 0.15) is 0 Å². The van der Waals surface area contributed by atoms with Gasteiger partial charge in [-0.25, -0.2) is 0 Å². The standard InChI is InChI=1S/C6H12BNO4.ClH/c8-5-2-1-4(3-6(9)10)12-7(5)11;/h4-5,11H,1-3,8H2,(H,9,10);1H/p-1/t4?,5-;/m0./s1. The van der Waals surface area contributed by atoms with Gasteiger partial charge in [-0.2, -0.15) is 0 Å². The highest BCUT2D eigenvalue weighted by Gasteiger charge is 2.33. The second-order valence-electron chi connectivity index (χ2n) is 2.99. The first-order valence-corrected chi connectivity index (χ1v) is 3.90. The van der Waals surface area contributed by atoms with Gasteiger partial charge < -0.3 is 32.9 Å². The number of aliphatic carboxylic acids is 1. The van der Waals surface area contributed by atoms with Crippen molar-refractivity contribution in [3.05, 3.63) is 0 Å². The van der Waals surface area contributed by atoms with Crippen molar-refractivity contribution < 1.29 is 32.0 Å². The number of carboxylic acids is 1. The molecule has 0 aromatic carbocycles. The Kier molecular flexibility index (Phi) is 5.31. The summed E-state index contributed by atoms with van der Waals surface area (Å²) >= 11 is 0. The summed E-state index contributed by atoms with van der Waals surface area (Å²) in [4.78, 5) is 10.3. The molecule has 1 aliphatic rings. The fraction of sp³-hybridized carbons (Fsp3) is 0.833. The number of rotatable bonds is 2. The number of halogens is 1. The van der Waals surface area contributed by atoms with E-state index in [-0.39, 0.29) is 24.8 Å². The predicted molar refractivity (Wildman–Crippen MR) is 42.3 cm³/mol. The lowest BCUT2D eigenvalue weighted by Gasteiger charge is -2.27. The first-order valence-electron chi connectivity index (χ1n) is 3.90. The van der Waals surface area contributed by atoms with Gasteiger partial charge >= 0.3 is 13.1 Å². The zero-order valence-corrected chi connectivity index (χ0v) is 7.78. The van der Waals surface area contributed by atoms with Crippen LogP contribution in [0.2, 0.25) is 0 Å². The summed E-state index contributed by atoms with van der Waals surface area (Å²) in [6.07, 6.45) is 0.755. The van der Waals surface area contributed by atoms with E-state index in [9.17, 15) is 4.79 Å². The molecule has 1 rings (SSSR count). The summed E-state index contributed by atoms with van der Waals surface area (Å²) in [6.45, 7) is 0. The van der Waals surface area contributed by atoms with E-state index in [1.54, 1.807) is 0 Å². The third-order valence-electron chi connectivity index (χ3n) is 1.92. The molecule has 1 fully saturated rings. The minimum absolute atomic E-state index is 0. The second-order valence-corrected chi connectivity index (χ2v) is 2.99. The van der Waals surface area contributed by atoms with Crippen LogP contribution < -0.4 is 18.1 Å². The van der Waals surface area contributed by atoms with Crippen molar-refractivity contribution in [1.82, 2.24) is 0 Å². The van der Waals surface area contributed by atoms with Crippen molar-refractivity contribution in [3.8, 4) is 0 Å². The maximum absolute atomic E-state index is 10.3. The average molecular weight is 208 g/mol.